The minimum absolute atomic E-state index is 0.202. The van der Waals surface area contributed by atoms with E-state index in [1.165, 1.54) is 16.8 Å². The van der Waals surface area contributed by atoms with Crippen LogP contribution in [0.5, 0.6) is 0 Å². The van der Waals surface area contributed by atoms with Gasteiger partial charge in [-0.05, 0) is 44.9 Å². The molecule has 0 bridgehead atoms. The molecule has 1 aromatic rings. The molecule has 80 valence electrons. The van der Waals surface area contributed by atoms with Crippen LogP contribution >= 0.6 is 0 Å². The molecule has 0 saturated carbocycles. The molecule has 2 rings (SSSR count). The summed E-state index contributed by atoms with van der Waals surface area (Å²) in [4.78, 5) is 2.45. The summed E-state index contributed by atoms with van der Waals surface area (Å²) >= 11 is 0. The molecule has 1 heteroatoms. The number of hydrogen-bond donors (Lipinski definition) is 0. The highest BCUT2D eigenvalue weighted by atomic mass is 15.2. The van der Waals surface area contributed by atoms with Gasteiger partial charge >= 0.3 is 0 Å². The Morgan fingerprint density at radius 3 is 2.47 bits per heavy atom. The van der Waals surface area contributed by atoms with Gasteiger partial charge in [-0.2, -0.15) is 0 Å². The largest absolute Gasteiger partial charge is 0.366 e. The molecule has 1 nitrogen and oxygen atoms in total. The topological polar surface area (TPSA) is 3.24 Å². The molecule has 0 spiro atoms. The van der Waals surface area contributed by atoms with Gasteiger partial charge in [0.2, 0.25) is 0 Å². The average molecular weight is 201 g/mol. The summed E-state index contributed by atoms with van der Waals surface area (Å²) in [7, 11) is 0. The minimum atomic E-state index is 0.202. The quantitative estimate of drug-likeness (QED) is 0.619. The van der Waals surface area contributed by atoms with E-state index in [2.05, 4.69) is 62.9 Å². The summed E-state index contributed by atoms with van der Waals surface area (Å²) in [6.45, 7) is 10.0. The Balaban J connectivity index is 2.41. The Hall–Kier alpha value is -1.24. The normalized spacial score (nSPS) is 16.0. The van der Waals surface area contributed by atoms with Crippen molar-refractivity contribution >= 4 is 6.08 Å². The Bertz CT molecular complexity index is 396. The molecule has 0 radical (unpaired) electrons. The third-order valence-electron chi connectivity index (χ3n) is 2.98. The van der Waals surface area contributed by atoms with E-state index in [4.69, 9.17) is 0 Å². The maximum atomic E-state index is 2.45. The van der Waals surface area contributed by atoms with Crippen LogP contribution in [0.3, 0.4) is 0 Å². The van der Waals surface area contributed by atoms with Crippen molar-refractivity contribution in [1.29, 1.82) is 0 Å². The summed E-state index contributed by atoms with van der Waals surface area (Å²) in [5.74, 6) is 0. The van der Waals surface area contributed by atoms with Crippen molar-refractivity contribution in [2.45, 2.75) is 39.8 Å². The standard InChI is InChI=1S/C14H19N/c1-11-9-12-7-5-6-8-13(12)10-15(11)14(2,3)4/h5-9H,10H2,1-4H3. The first-order valence-corrected chi connectivity index (χ1v) is 5.52. The highest BCUT2D eigenvalue weighted by molar-refractivity contribution is 5.58. The van der Waals surface area contributed by atoms with Crippen LogP contribution in [0.2, 0.25) is 0 Å². The maximum absolute atomic E-state index is 2.45. The van der Waals surface area contributed by atoms with Gasteiger partial charge in [-0.1, -0.05) is 24.3 Å². The monoisotopic (exact) mass is 201 g/mol. The van der Waals surface area contributed by atoms with Crippen LogP contribution in [0.25, 0.3) is 6.08 Å². The molecule has 0 N–H and O–H groups in total. The van der Waals surface area contributed by atoms with Crippen LogP contribution in [-0.2, 0) is 6.54 Å². The van der Waals surface area contributed by atoms with Gasteiger partial charge in [0.15, 0.2) is 0 Å². The molecule has 0 aromatic heterocycles. The zero-order chi connectivity index (χ0) is 11.1. The third kappa shape index (κ3) is 1.92. The lowest BCUT2D eigenvalue weighted by molar-refractivity contribution is 0.176. The molecule has 0 amide bonds. The van der Waals surface area contributed by atoms with Crippen molar-refractivity contribution in [1.82, 2.24) is 4.90 Å². The van der Waals surface area contributed by atoms with Crippen molar-refractivity contribution in [3.05, 3.63) is 41.1 Å². The van der Waals surface area contributed by atoms with Crippen LogP contribution in [0.1, 0.15) is 38.8 Å². The van der Waals surface area contributed by atoms with Gasteiger partial charge in [0.05, 0.1) is 0 Å². The number of fused-ring (bicyclic) bond motifs is 1. The van der Waals surface area contributed by atoms with Crippen LogP contribution in [0.4, 0.5) is 0 Å². The molecule has 0 unspecified atom stereocenters. The number of nitrogens with zero attached hydrogens (tertiary/aromatic N) is 1. The van der Waals surface area contributed by atoms with Crippen LogP contribution in [0, 0.1) is 0 Å². The van der Waals surface area contributed by atoms with Gasteiger partial charge in [-0.15, -0.1) is 0 Å². The lowest BCUT2D eigenvalue weighted by Crippen LogP contribution is -2.40. The fourth-order valence-electron chi connectivity index (χ4n) is 2.18. The Labute approximate surface area is 92.4 Å². The molecule has 1 aliphatic heterocycles. The molecule has 0 aliphatic carbocycles. The number of rotatable bonds is 0. The fraction of sp³-hybridized carbons (Fsp3) is 0.429. The Morgan fingerprint density at radius 2 is 1.80 bits per heavy atom. The Kier molecular flexibility index (Phi) is 2.34. The van der Waals surface area contributed by atoms with Gasteiger partial charge in [0, 0.05) is 17.8 Å². The van der Waals surface area contributed by atoms with E-state index >= 15 is 0 Å². The summed E-state index contributed by atoms with van der Waals surface area (Å²) in [6, 6.07) is 8.64. The number of allylic oxidation sites excluding steroid dienone is 1. The molecule has 0 saturated heterocycles. The van der Waals surface area contributed by atoms with E-state index in [1.54, 1.807) is 0 Å². The van der Waals surface area contributed by atoms with Gasteiger partial charge < -0.3 is 4.90 Å². The maximum Gasteiger partial charge on any atom is 0.0437 e. The van der Waals surface area contributed by atoms with Gasteiger partial charge in [-0.25, -0.2) is 0 Å². The molecule has 15 heavy (non-hydrogen) atoms. The predicted molar refractivity (Wildman–Crippen MR) is 65.4 cm³/mol. The van der Waals surface area contributed by atoms with Crippen molar-refractivity contribution in [3.8, 4) is 0 Å². The van der Waals surface area contributed by atoms with Crippen molar-refractivity contribution in [3.63, 3.8) is 0 Å². The second-order valence-corrected chi connectivity index (χ2v) is 5.24. The Morgan fingerprint density at radius 1 is 1.13 bits per heavy atom. The highest BCUT2D eigenvalue weighted by Gasteiger charge is 2.24. The lowest BCUT2D eigenvalue weighted by Gasteiger charge is -2.41. The molecular formula is C14H19N. The van der Waals surface area contributed by atoms with Crippen LogP contribution in [-0.4, -0.2) is 10.4 Å². The first-order chi connectivity index (χ1) is 6.98. The molecule has 0 atom stereocenters. The summed E-state index contributed by atoms with van der Waals surface area (Å²) in [6.07, 6.45) is 2.28. The van der Waals surface area contributed by atoms with Gasteiger partial charge in [0.25, 0.3) is 0 Å². The van der Waals surface area contributed by atoms with E-state index in [9.17, 15) is 0 Å². The molecule has 1 heterocycles. The van der Waals surface area contributed by atoms with Crippen LogP contribution in [0.15, 0.2) is 30.0 Å². The summed E-state index contributed by atoms with van der Waals surface area (Å²) in [5, 5.41) is 0. The van der Waals surface area contributed by atoms with Crippen molar-refractivity contribution in [2.24, 2.45) is 0 Å². The van der Waals surface area contributed by atoms with E-state index in [0.29, 0.717) is 0 Å². The fourth-order valence-corrected chi connectivity index (χ4v) is 2.18. The number of hydrogen-bond acceptors (Lipinski definition) is 1. The summed E-state index contributed by atoms with van der Waals surface area (Å²) < 4.78 is 0. The zero-order valence-corrected chi connectivity index (χ0v) is 10.0. The van der Waals surface area contributed by atoms with E-state index < -0.39 is 0 Å². The second-order valence-electron chi connectivity index (χ2n) is 5.24. The average Bonchev–Trinajstić information content (AvgIpc) is 2.15. The first kappa shape index (κ1) is 10.3. The minimum Gasteiger partial charge on any atom is -0.366 e. The predicted octanol–water partition coefficient (Wildman–Crippen LogP) is 3.66. The number of benzene rings is 1. The molecule has 0 fully saturated rings. The van der Waals surface area contributed by atoms with Crippen molar-refractivity contribution in [2.75, 3.05) is 0 Å². The van der Waals surface area contributed by atoms with E-state index in [0.717, 1.165) is 6.54 Å². The van der Waals surface area contributed by atoms with E-state index in [-0.39, 0.29) is 5.54 Å². The summed E-state index contributed by atoms with van der Waals surface area (Å²) in [5.41, 5.74) is 4.36. The van der Waals surface area contributed by atoms with E-state index in [1.807, 2.05) is 0 Å². The lowest BCUT2D eigenvalue weighted by atomic mass is 9.96. The molecule has 1 aromatic carbocycles. The van der Waals surface area contributed by atoms with Crippen LogP contribution < -0.4 is 0 Å². The smallest absolute Gasteiger partial charge is 0.0437 e. The van der Waals surface area contributed by atoms with Gasteiger partial charge in [-0.3, -0.25) is 0 Å². The SMILES string of the molecule is CC1=Cc2ccccc2CN1C(C)(C)C. The first-order valence-electron chi connectivity index (χ1n) is 5.52. The zero-order valence-electron chi connectivity index (χ0n) is 10.0. The van der Waals surface area contributed by atoms with Crippen molar-refractivity contribution < 1.29 is 0 Å². The van der Waals surface area contributed by atoms with Gasteiger partial charge in [0.1, 0.15) is 0 Å². The molecular weight excluding hydrogens is 182 g/mol. The molecule has 1 aliphatic rings. The third-order valence-corrected chi connectivity index (χ3v) is 2.98. The highest BCUT2D eigenvalue weighted by Crippen LogP contribution is 2.29. The second kappa shape index (κ2) is 3.41.